The molecule has 2 amide bonds. The van der Waals surface area contributed by atoms with Crippen LogP contribution in [0.1, 0.15) is 57.7 Å². The van der Waals surface area contributed by atoms with E-state index in [1.807, 2.05) is 30.3 Å². The first kappa shape index (κ1) is 30.4. The van der Waals surface area contributed by atoms with Crippen molar-refractivity contribution in [2.45, 2.75) is 50.4 Å². The van der Waals surface area contributed by atoms with Crippen LogP contribution >= 0.6 is 0 Å². The summed E-state index contributed by atoms with van der Waals surface area (Å²) in [5.41, 5.74) is 2.52. The normalized spacial score (nSPS) is 17.7. The van der Waals surface area contributed by atoms with Gasteiger partial charge in [0.15, 0.2) is 0 Å². The molecule has 0 aromatic heterocycles. The van der Waals surface area contributed by atoms with Crippen molar-refractivity contribution in [3.8, 4) is 0 Å². The summed E-state index contributed by atoms with van der Waals surface area (Å²) in [7, 11) is 0.208. The lowest BCUT2D eigenvalue weighted by molar-refractivity contribution is 0.0738. The molecule has 3 aromatic rings. The summed E-state index contributed by atoms with van der Waals surface area (Å²) in [6.07, 6.45) is 2.86. The molecule has 1 aliphatic rings. The zero-order chi connectivity index (χ0) is 29.5. The molecule has 1 aliphatic heterocycles. The van der Waals surface area contributed by atoms with E-state index >= 15 is 0 Å². The lowest BCUT2D eigenvalue weighted by Crippen LogP contribution is -2.52. The van der Waals surface area contributed by atoms with Crippen LogP contribution in [0.15, 0.2) is 72.8 Å². The standard InChI is InChI=1S/C31H37FN4O4S/c1-20(22-11-13-25(32)14-12-22)34-30(38)23-17-24(19-26(18-23)36(2)41(3)40)31(39)35-28(16-21-8-5-4-6-9-21)29(37)27-10-7-15-33-27/h4-6,8-9,11-14,17-20,27-29,33,37H,7,10,15-16H2,1-3H3,(H,34,38)(H,35,39). The van der Waals surface area contributed by atoms with E-state index in [-0.39, 0.29) is 23.0 Å². The van der Waals surface area contributed by atoms with Gasteiger partial charge in [0.25, 0.3) is 11.8 Å². The summed E-state index contributed by atoms with van der Waals surface area (Å²) in [5, 5.41) is 20.4. The molecule has 1 saturated heterocycles. The predicted octanol–water partition coefficient (Wildman–Crippen LogP) is 3.50. The zero-order valence-corrected chi connectivity index (χ0v) is 24.3. The number of nitrogens with one attached hydrogen (secondary N) is 3. The number of hydrogen-bond donors (Lipinski definition) is 4. The van der Waals surface area contributed by atoms with Gasteiger partial charge in [0.05, 0.1) is 23.9 Å². The van der Waals surface area contributed by atoms with Gasteiger partial charge < -0.3 is 21.1 Å². The van der Waals surface area contributed by atoms with Gasteiger partial charge in [-0.3, -0.25) is 13.9 Å². The molecule has 10 heteroatoms. The summed E-state index contributed by atoms with van der Waals surface area (Å²) in [4.78, 5) is 27.0. The van der Waals surface area contributed by atoms with Crippen LogP contribution in [-0.2, 0) is 17.4 Å². The number of rotatable bonds is 11. The third kappa shape index (κ3) is 8.00. The van der Waals surface area contributed by atoms with Crippen molar-refractivity contribution in [3.63, 3.8) is 0 Å². The van der Waals surface area contributed by atoms with Crippen LogP contribution in [0.4, 0.5) is 10.1 Å². The second-order valence-electron chi connectivity index (χ2n) is 10.4. The van der Waals surface area contributed by atoms with Gasteiger partial charge in [-0.15, -0.1) is 0 Å². The van der Waals surface area contributed by atoms with Crippen LogP contribution < -0.4 is 20.3 Å². The van der Waals surface area contributed by atoms with Gasteiger partial charge in [0.2, 0.25) is 0 Å². The van der Waals surface area contributed by atoms with Gasteiger partial charge in [-0.2, -0.15) is 0 Å². The number of aliphatic hydroxyl groups is 1. The summed E-state index contributed by atoms with van der Waals surface area (Å²) in [6, 6.07) is 19.0. The number of halogens is 1. The largest absolute Gasteiger partial charge is 0.389 e. The minimum Gasteiger partial charge on any atom is -0.389 e. The first-order chi connectivity index (χ1) is 19.6. The van der Waals surface area contributed by atoms with Crippen molar-refractivity contribution < 1.29 is 23.3 Å². The maximum Gasteiger partial charge on any atom is 0.251 e. The molecule has 5 atom stereocenters. The molecular weight excluding hydrogens is 543 g/mol. The number of carbonyl (C=O) groups excluding carboxylic acids is 2. The Morgan fingerprint density at radius 3 is 2.27 bits per heavy atom. The minimum absolute atomic E-state index is 0.140. The van der Waals surface area contributed by atoms with Crippen molar-refractivity contribution in [2.75, 3.05) is 24.2 Å². The molecule has 0 aliphatic carbocycles. The van der Waals surface area contributed by atoms with Crippen molar-refractivity contribution in [3.05, 3.63) is 101 Å². The van der Waals surface area contributed by atoms with Crippen LogP contribution in [0.3, 0.4) is 0 Å². The fraction of sp³-hybridized carbons (Fsp3) is 0.355. The summed E-state index contributed by atoms with van der Waals surface area (Å²) in [5.74, 6) is -1.27. The lowest BCUT2D eigenvalue weighted by Gasteiger charge is -2.29. The second kappa shape index (κ2) is 13.8. The van der Waals surface area contributed by atoms with Crippen molar-refractivity contribution in [1.82, 2.24) is 16.0 Å². The molecule has 4 N–H and O–H groups in total. The molecular formula is C31H37FN4O4S. The molecule has 41 heavy (non-hydrogen) atoms. The van der Waals surface area contributed by atoms with E-state index in [1.54, 1.807) is 38.2 Å². The molecule has 0 bridgehead atoms. The molecule has 5 unspecified atom stereocenters. The Bertz CT molecular complexity index is 1370. The Hall–Kier alpha value is -3.60. The van der Waals surface area contributed by atoms with Crippen molar-refractivity contribution >= 4 is 28.5 Å². The van der Waals surface area contributed by atoms with Crippen molar-refractivity contribution in [2.24, 2.45) is 0 Å². The van der Waals surface area contributed by atoms with E-state index in [9.17, 15) is 23.3 Å². The number of amides is 2. The number of benzene rings is 3. The van der Waals surface area contributed by atoms with Gasteiger partial charge >= 0.3 is 0 Å². The monoisotopic (exact) mass is 580 g/mol. The molecule has 0 radical (unpaired) electrons. The average molecular weight is 581 g/mol. The van der Waals surface area contributed by atoms with Crippen LogP contribution in [-0.4, -0.2) is 59.2 Å². The Morgan fingerprint density at radius 2 is 1.68 bits per heavy atom. The molecule has 1 heterocycles. The van der Waals surface area contributed by atoms with Gasteiger partial charge in [0.1, 0.15) is 16.8 Å². The molecule has 0 saturated carbocycles. The van der Waals surface area contributed by atoms with E-state index < -0.39 is 41.0 Å². The van der Waals surface area contributed by atoms with Gasteiger partial charge in [-0.05, 0) is 74.2 Å². The highest BCUT2D eigenvalue weighted by molar-refractivity contribution is 7.85. The SMILES string of the molecule is CC(NC(=O)c1cc(C(=O)NC(Cc2ccccc2)C(O)C2CCCN2)cc(N(C)S(C)=O)c1)c1ccc(F)cc1. The van der Waals surface area contributed by atoms with E-state index in [0.29, 0.717) is 12.1 Å². The fourth-order valence-electron chi connectivity index (χ4n) is 4.98. The Labute approximate surface area is 242 Å². The third-order valence-electron chi connectivity index (χ3n) is 7.45. The van der Waals surface area contributed by atoms with Crippen LogP contribution in [0.25, 0.3) is 0 Å². The first-order valence-corrected chi connectivity index (χ1v) is 15.2. The molecule has 218 valence electrons. The highest BCUT2D eigenvalue weighted by atomic mass is 32.2. The summed E-state index contributed by atoms with van der Waals surface area (Å²) >= 11 is 0. The Balaban J connectivity index is 1.61. The average Bonchev–Trinajstić information content (AvgIpc) is 3.51. The predicted molar refractivity (Wildman–Crippen MR) is 160 cm³/mol. The maximum atomic E-state index is 13.7. The minimum atomic E-state index is -1.41. The second-order valence-corrected chi connectivity index (χ2v) is 11.8. The highest BCUT2D eigenvalue weighted by Gasteiger charge is 2.31. The highest BCUT2D eigenvalue weighted by Crippen LogP contribution is 2.22. The van der Waals surface area contributed by atoms with Gasteiger partial charge in [-0.25, -0.2) is 8.60 Å². The maximum absolute atomic E-state index is 13.7. The van der Waals surface area contributed by atoms with Crippen LogP contribution in [0, 0.1) is 5.82 Å². The van der Waals surface area contributed by atoms with E-state index in [2.05, 4.69) is 16.0 Å². The topological polar surface area (TPSA) is 111 Å². The number of nitrogens with zero attached hydrogens (tertiary/aromatic N) is 1. The van der Waals surface area contributed by atoms with Crippen LogP contribution in [0.5, 0.6) is 0 Å². The smallest absolute Gasteiger partial charge is 0.251 e. The number of aliphatic hydroxyl groups excluding tert-OH is 1. The Kier molecular flexibility index (Phi) is 10.3. The molecule has 1 fully saturated rings. The number of hydrogen-bond acceptors (Lipinski definition) is 5. The van der Waals surface area contributed by atoms with E-state index in [1.165, 1.54) is 28.8 Å². The number of carbonyl (C=O) groups is 2. The fourth-order valence-corrected chi connectivity index (χ4v) is 5.38. The van der Waals surface area contributed by atoms with E-state index in [4.69, 9.17) is 0 Å². The first-order valence-electron chi connectivity index (χ1n) is 13.7. The van der Waals surface area contributed by atoms with Crippen molar-refractivity contribution in [1.29, 1.82) is 0 Å². The lowest BCUT2D eigenvalue weighted by atomic mass is 9.95. The summed E-state index contributed by atoms with van der Waals surface area (Å²) < 4.78 is 27.1. The number of anilines is 1. The van der Waals surface area contributed by atoms with Crippen LogP contribution in [0.2, 0.25) is 0 Å². The van der Waals surface area contributed by atoms with E-state index in [0.717, 1.165) is 30.5 Å². The van der Waals surface area contributed by atoms with Gasteiger partial charge in [-0.1, -0.05) is 42.5 Å². The molecule has 8 nitrogen and oxygen atoms in total. The summed E-state index contributed by atoms with van der Waals surface area (Å²) in [6.45, 7) is 2.59. The molecule has 3 aromatic carbocycles. The molecule has 0 spiro atoms. The third-order valence-corrected chi connectivity index (χ3v) is 8.43. The zero-order valence-electron chi connectivity index (χ0n) is 23.5. The Morgan fingerprint density at radius 1 is 1.05 bits per heavy atom. The molecule has 4 rings (SSSR count). The van der Waals surface area contributed by atoms with Gasteiger partial charge in [0, 0.05) is 30.5 Å². The quantitative estimate of drug-likeness (QED) is 0.278.